The highest BCUT2D eigenvalue weighted by Gasteiger charge is 2.21. The molecule has 0 spiro atoms. The number of aromatic nitrogens is 3. The van der Waals surface area contributed by atoms with Crippen LogP contribution in [0.15, 0.2) is 18.2 Å². The summed E-state index contributed by atoms with van der Waals surface area (Å²) >= 11 is 10.8. The van der Waals surface area contributed by atoms with E-state index in [1.54, 1.807) is 12.1 Å². The van der Waals surface area contributed by atoms with Crippen LogP contribution in [0.1, 0.15) is 10.5 Å². The van der Waals surface area contributed by atoms with Crippen molar-refractivity contribution >= 4 is 54.7 Å². The highest BCUT2D eigenvalue weighted by molar-refractivity contribution is 14.2. The van der Waals surface area contributed by atoms with Crippen LogP contribution >= 0.6 is 44.2 Å². The lowest BCUT2D eigenvalue weighted by molar-refractivity contribution is 0.0687. The van der Waals surface area contributed by atoms with Gasteiger partial charge in [0.15, 0.2) is 0 Å². The minimum absolute atomic E-state index is 0.103. The highest BCUT2D eigenvalue weighted by atomic mass is 127. The van der Waals surface area contributed by atoms with E-state index >= 15 is 0 Å². The van der Waals surface area contributed by atoms with Crippen molar-refractivity contribution in [3.05, 3.63) is 33.9 Å². The minimum Gasteiger partial charge on any atom is -0.476 e. The topological polar surface area (TPSA) is 77.2 Å². The number of carboxylic acid groups (broad SMARTS) is 1. The molecular formula is C10H6Cl2IN3O3. The Kier molecular flexibility index (Phi) is 4.38. The van der Waals surface area contributed by atoms with Crippen LogP contribution in [0.2, 0.25) is 10.0 Å². The van der Waals surface area contributed by atoms with Gasteiger partial charge >= 0.3 is 5.97 Å². The summed E-state index contributed by atoms with van der Waals surface area (Å²) in [6.07, 6.45) is 0. The zero-order valence-corrected chi connectivity index (χ0v) is 12.8. The van der Waals surface area contributed by atoms with Crippen LogP contribution < -0.4 is 4.74 Å². The normalized spacial score (nSPS) is 10.4. The fourth-order valence-electron chi connectivity index (χ4n) is 1.23. The van der Waals surface area contributed by atoms with Crippen molar-refractivity contribution in [2.75, 3.05) is 0 Å². The third-order valence-corrected chi connectivity index (χ3v) is 4.08. The number of hydrogen-bond acceptors (Lipinski definition) is 4. The second-order valence-corrected chi connectivity index (χ2v) is 5.62. The van der Waals surface area contributed by atoms with Crippen molar-refractivity contribution < 1.29 is 14.6 Å². The number of nitrogens with zero attached hydrogens (tertiary/aromatic N) is 3. The molecule has 6 nitrogen and oxygen atoms in total. The molecule has 9 heteroatoms. The van der Waals surface area contributed by atoms with Crippen LogP contribution in [0.5, 0.6) is 11.6 Å². The highest BCUT2D eigenvalue weighted by Crippen LogP contribution is 2.30. The number of aromatic carboxylic acids is 1. The van der Waals surface area contributed by atoms with Crippen molar-refractivity contribution in [1.29, 1.82) is 0 Å². The lowest BCUT2D eigenvalue weighted by Crippen LogP contribution is -2.03. The van der Waals surface area contributed by atoms with Gasteiger partial charge in [0.1, 0.15) is 5.75 Å². The fraction of sp³-hybridized carbons (Fsp3) is 0. The molecule has 0 fully saturated rings. The summed E-state index contributed by atoms with van der Waals surface area (Å²) in [5.74, 6) is -0.955. The molecule has 1 aromatic carbocycles. The van der Waals surface area contributed by atoms with Crippen LogP contribution in [0, 0.1) is 0 Å². The predicted octanol–water partition coefficient (Wildman–Crippen LogP) is 3.24. The largest absolute Gasteiger partial charge is 0.476 e. The molecule has 0 atom stereocenters. The Labute approximate surface area is 128 Å². The van der Waals surface area contributed by atoms with E-state index in [1.807, 2.05) is 0 Å². The summed E-state index contributed by atoms with van der Waals surface area (Å²) < 4.78 is 10.2. The number of carboxylic acids is 1. The first-order valence-electron chi connectivity index (χ1n) is 4.74. The lowest BCUT2D eigenvalue weighted by atomic mass is 10.3. The third-order valence-electron chi connectivity index (χ3n) is 2.02. The van der Waals surface area contributed by atoms with E-state index in [2.05, 4.69) is 14.8 Å². The Balaban J connectivity index is 2.38. The number of benzene rings is 1. The first-order valence-corrected chi connectivity index (χ1v) is 7.98. The van der Waals surface area contributed by atoms with Crippen molar-refractivity contribution in [3.8, 4) is 11.6 Å². The fourth-order valence-corrected chi connectivity index (χ4v) is 2.50. The second kappa shape index (κ2) is 5.85. The molecule has 1 N–H and O–H groups in total. The van der Waals surface area contributed by atoms with E-state index in [-0.39, 0.29) is 11.6 Å². The van der Waals surface area contributed by atoms with Crippen LogP contribution in [-0.4, -0.2) is 28.8 Å². The molecule has 100 valence electrons. The maximum absolute atomic E-state index is 11.1. The predicted molar refractivity (Wildman–Crippen MR) is 80.1 cm³/mol. The van der Waals surface area contributed by atoms with Crippen LogP contribution in [-0.2, 0) is 0 Å². The smallest absolute Gasteiger partial charge is 0.360 e. The molecule has 0 aliphatic rings. The van der Waals surface area contributed by atoms with E-state index in [4.69, 9.17) is 33.0 Å². The number of halogens is 3. The van der Waals surface area contributed by atoms with Crippen molar-refractivity contribution in [2.24, 2.45) is 0 Å². The van der Waals surface area contributed by atoms with Gasteiger partial charge in [0.2, 0.25) is 5.69 Å². The lowest BCUT2D eigenvalue weighted by Gasteiger charge is -2.04. The number of ether oxygens (including phenoxy) is 1. The Morgan fingerprint density at radius 2 is 2.16 bits per heavy atom. The Bertz CT molecular complexity index is 659. The maximum atomic E-state index is 11.1. The average Bonchev–Trinajstić information content (AvgIpc) is 2.77. The third kappa shape index (κ3) is 3.04. The molecule has 0 unspecified atom stereocenters. The number of carbonyl (C=O) groups is 1. The standard InChI is InChI=1S/C10H6Cl2IN3O3/c1-13-16-8(10(17)18)9(14-15-16)19-5-2-3-6(11)7(12)4-5/h2-4H,1H2,(H,17,18). The van der Waals surface area contributed by atoms with E-state index < -0.39 is 27.0 Å². The first-order chi connectivity index (χ1) is 9.02. The zero-order chi connectivity index (χ0) is 14.0. The SMILES string of the molecule is C=In1nnc(Oc2ccc(Cl)c(Cl)c2)c1C(=O)O. The van der Waals surface area contributed by atoms with Gasteiger partial charge in [-0.25, -0.2) is 4.79 Å². The molecule has 1 heterocycles. The number of hydrogen-bond donors (Lipinski definition) is 1. The molecule has 0 bridgehead atoms. The summed E-state index contributed by atoms with van der Waals surface area (Å²) in [5, 5.41) is 17.1. The molecule has 2 aromatic rings. The maximum Gasteiger partial charge on any atom is 0.360 e. The van der Waals surface area contributed by atoms with Gasteiger partial charge < -0.3 is 9.84 Å². The summed E-state index contributed by atoms with van der Waals surface area (Å²) in [5.41, 5.74) is -0.131. The second-order valence-electron chi connectivity index (χ2n) is 3.21. The van der Waals surface area contributed by atoms with Crippen molar-refractivity contribution in [2.45, 2.75) is 0 Å². The van der Waals surface area contributed by atoms with Gasteiger partial charge in [0, 0.05) is 27.1 Å². The van der Waals surface area contributed by atoms with E-state index in [0.29, 0.717) is 15.8 Å². The molecule has 0 radical (unpaired) electrons. The monoisotopic (exact) mass is 413 g/mol. The Morgan fingerprint density at radius 1 is 1.42 bits per heavy atom. The Morgan fingerprint density at radius 3 is 2.74 bits per heavy atom. The molecule has 0 saturated heterocycles. The van der Waals surface area contributed by atoms with E-state index in [1.165, 1.54) is 8.96 Å². The minimum atomic E-state index is -1.18. The molecule has 0 saturated carbocycles. The van der Waals surface area contributed by atoms with Crippen molar-refractivity contribution in [3.63, 3.8) is 0 Å². The van der Waals surface area contributed by atoms with Gasteiger partial charge in [0.05, 0.1) is 10.0 Å². The van der Waals surface area contributed by atoms with Gasteiger partial charge in [-0.2, -0.15) is 2.90 Å². The van der Waals surface area contributed by atoms with Crippen LogP contribution in [0.25, 0.3) is 0 Å². The van der Waals surface area contributed by atoms with Crippen LogP contribution in [0.3, 0.4) is 0 Å². The molecule has 19 heavy (non-hydrogen) atoms. The van der Waals surface area contributed by atoms with E-state index in [9.17, 15) is 4.79 Å². The molecule has 0 aliphatic carbocycles. The summed E-state index contributed by atoms with van der Waals surface area (Å²) in [6.45, 7) is 0. The zero-order valence-electron chi connectivity index (χ0n) is 9.18. The number of rotatable bonds is 4. The molecule has 1 aromatic heterocycles. The summed E-state index contributed by atoms with van der Waals surface area (Å²) in [6, 6.07) is 4.56. The van der Waals surface area contributed by atoms with E-state index in [0.717, 1.165) is 0 Å². The Hall–Kier alpha value is -1.19. The molecule has 0 aliphatic heterocycles. The van der Waals surface area contributed by atoms with Gasteiger partial charge in [-0.05, 0) is 16.6 Å². The quantitative estimate of drug-likeness (QED) is 0.778. The van der Waals surface area contributed by atoms with Crippen molar-refractivity contribution in [1.82, 2.24) is 13.2 Å². The van der Waals surface area contributed by atoms with Gasteiger partial charge in [-0.15, -0.1) is 0 Å². The van der Waals surface area contributed by atoms with Crippen LogP contribution in [0.4, 0.5) is 0 Å². The molecular weight excluding hydrogens is 408 g/mol. The van der Waals surface area contributed by atoms with Gasteiger partial charge in [-0.3, -0.25) is 0 Å². The summed E-state index contributed by atoms with van der Waals surface area (Å²) in [7, 11) is 0. The van der Waals surface area contributed by atoms with Gasteiger partial charge in [0.25, 0.3) is 5.88 Å². The van der Waals surface area contributed by atoms with Gasteiger partial charge in [-0.1, -0.05) is 33.5 Å². The molecule has 2 rings (SSSR count). The first kappa shape index (κ1) is 14.2. The summed E-state index contributed by atoms with van der Waals surface area (Å²) in [4.78, 5) is 11.1. The average molecular weight is 414 g/mol. The molecule has 0 amide bonds.